The molecule has 0 saturated carbocycles. The van der Waals surface area contributed by atoms with Crippen molar-refractivity contribution in [3.8, 4) is 22.5 Å². The molecule has 0 amide bonds. The lowest BCUT2D eigenvalue weighted by Crippen LogP contribution is -1.99. The van der Waals surface area contributed by atoms with Crippen LogP contribution >= 0.6 is 0 Å². The highest BCUT2D eigenvalue weighted by molar-refractivity contribution is 5.74. The smallest absolute Gasteiger partial charge is 0.150 e. The fraction of sp³-hybridized carbons (Fsp3) is 0. The SMILES string of the molecule is Nc1cccc(-c2nc(-c3cccnc3)cnc2N)c1. The van der Waals surface area contributed by atoms with Crippen molar-refractivity contribution in [3.63, 3.8) is 0 Å². The highest BCUT2D eigenvalue weighted by atomic mass is 14.9. The van der Waals surface area contributed by atoms with Gasteiger partial charge in [0.1, 0.15) is 11.5 Å². The average molecular weight is 263 g/mol. The normalized spacial score (nSPS) is 10.4. The molecular weight excluding hydrogens is 250 g/mol. The Kier molecular flexibility index (Phi) is 3.01. The Hall–Kier alpha value is -2.95. The molecule has 5 heteroatoms. The van der Waals surface area contributed by atoms with Crippen LogP contribution in [0.4, 0.5) is 11.5 Å². The molecular formula is C15H13N5. The van der Waals surface area contributed by atoms with Crippen LogP contribution in [-0.4, -0.2) is 15.0 Å². The van der Waals surface area contributed by atoms with Crippen LogP contribution in [0.15, 0.2) is 55.0 Å². The second-order valence-electron chi connectivity index (χ2n) is 4.36. The number of pyridine rings is 1. The van der Waals surface area contributed by atoms with Gasteiger partial charge in [0.2, 0.25) is 0 Å². The zero-order chi connectivity index (χ0) is 13.9. The second-order valence-corrected chi connectivity index (χ2v) is 4.36. The molecule has 3 rings (SSSR count). The molecule has 4 N–H and O–H groups in total. The first-order chi connectivity index (χ1) is 9.74. The molecule has 2 heterocycles. The molecule has 0 saturated heterocycles. The van der Waals surface area contributed by atoms with Gasteiger partial charge in [0.25, 0.3) is 0 Å². The highest BCUT2D eigenvalue weighted by Crippen LogP contribution is 2.26. The average Bonchev–Trinajstić information content (AvgIpc) is 2.48. The number of nitrogens with two attached hydrogens (primary N) is 2. The van der Waals surface area contributed by atoms with Gasteiger partial charge in [0.05, 0.1) is 11.9 Å². The fourth-order valence-electron chi connectivity index (χ4n) is 1.95. The van der Waals surface area contributed by atoms with Gasteiger partial charge in [-0.1, -0.05) is 12.1 Å². The van der Waals surface area contributed by atoms with Crippen LogP contribution in [0.5, 0.6) is 0 Å². The maximum atomic E-state index is 5.92. The van der Waals surface area contributed by atoms with E-state index in [1.165, 1.54) is 0 Å². The summed E-state index contributed by atoms with van der Waals surface area (Å²) < 4.78 is 0. The molecule has 0 aliphatic heterocycles. The zero-order valence-electron chi connectivity index (χ0n) is 10.7. The third-order valence-corrected chi connectivity index (χ3v) is 2.92. The number of nitrogens with zero attached hydrogens (tertiary/aromatic N) is 3. The third kappa shape index (κ3) is 2.29. The Balaban J connectivity index is 2.12. The summed E-state index contributed by atoms with van der Waals surface area (Å²) in [5.41, 5.74) is 15.5. The largest absolute Gasteiger partial charge is 0.399 e. The van der Waals surface area contributed by atoms with Crippen LogP contribution in [0.2, 0.25) is 0 Å². The number of aromatic nitrogens is 3. The first-order valence-electron chi connectivity index (χ1n) is 6.13. The Bertz CT molecular complexity index is 740. The molecule has 0 fully saturated rings. The number of rotatable bonds is 2. The van der Waals surface area contributed by atoms with E-state index in [2.05, 4.69) is 15.0 Å². The minimum absolute atomic E-state index is 0.378. The van der Waals surface area contributed by atoms with Gasteiger partial charge >= 0.3 is 0 Å². The Morgan fingerprint density at radius 2 is 1.75 bits per heavy atom. The molecule has 0 aliphatic rings. The predicted molar refractivity (Wildman–Crippen MR) is 79.5 cm³/mol. The van der Waals surface area contributed by atoms with E-state index in [0.717, 1.165) is 16.8 Å². The quantitative estimate of drug-likeness (QED) is 0.693. The van der Waals surface area contributed by atoms with Crippen molar-refractivity contribution in [1.29, 1.82) is 0 Å². The van der Waals surface area contributed by atoms with Crippen LogP contribution in [0.25, 0.3) is 22.5 Å². The van der Waals surface area contributed by atoms with Gasteiger partial charge in [-0.15, -0.1) is 0 Å². The summed E-state index contributed by atoms with van der Waals surface area (Å²) in [6, 6.07) is 11.2. The molecule has 2 aromatic heterocycles. The van der Waals surface area contributed by atoms with E-state index in [0.29, 0.717) is 17.2 Å². The predicted octanol–water partition coefficient (Wildman–Crippen LogP) is 2.37. The van der Waals surface area contributed by atoms with Crippen molar-refractivity contribution in [3.05, 3.63) is 55.0 Å². The van der Waals surface area contributed by atoms with Crippen molar-refractivity contribution in [1.82, 2.24) is 15.0 Å². The van der Waals surface area contributed by atoms with Crippen LogP contribution in [0.1, 0.15) is 0 Å². The van der Waals surface area contributed by atoms with Gasteiger partial charge in [-0.3, -0.25) is 4.98 Å². The molecule has 20 heavy (non-hydrogen) atoms. The van der Waals surface area contributed by atoms with Gasteiger partial charge in [-0.05, 0) is 24.3 Å². The molecule has 0 unspecified atom stereocenters. The lowest BCUT2D eigenvalue weighted by Gasteiger charge is -2.07. The van der Waals surface area contributed by atoms with Gasteiger partial charge in [-0.25, -0.2) is 9.97 Å². The van der Waals surface area contributed by atoms with E-state index in [4.69, 9.17) is 11.5 Å². The number of hydrogen-bond acceptors (Lipinski definition) is 5. The fourth-order valence-corrected chi connectivity index (χ4v) is 1.95. The summed E-state index contributed by atoms with van der Waals surface area (Å²) in [6.07, 6.45) is 5.10. The summed E-state index contributed by atoms with van der Waals surface area (Å²) in [5.74, 6) is 0.378. The molecule has 5 nitrogen and oxygen atoms in total. The van der Waals surface area contributed by atoms with E-state index in [1.807, 2.05) is 36.4 Å². The van der Waals surface area contributed by atoms with E-state index in [-0.39, 0.29) is 0 Å². The van der Waals surface area contributed by atoms with Crippen LogP contribution < -0.4 is 11.5 Å². The topological polar surface area (TPSA) is 90.7 Å². The van der Waals surface area contributed by atoms with Gasteiger partial charge in [0, 0.05) is 29.2 Å². The van der Waals surface area contributed by atoms with Crippen molar-refractivity contribution in [2.24, 2.45) is 0 Å². The minimum Gasteiger partial charge on any atom is -0.399 e. The Labute approximate surface area is 116 Å². The summed E-state index contributed by atoms with van der Waals surface area (Å²) in [5, 5.41) is 0. The molecule has 0 aliphatic carbocycles. The van der Waals surface area contributed by atoms with Gasteiger partial charge < -0.3 is 11.5 Å². The molecule has 0 atom stereocenters. The molecule has 0 bridgehead atoms. The number of nitrogen functional groups attached to an aromatic ring is 2. The summed E-state index contributed by atoms with van der Waals surface area (Å²) in [4.78, 5) is 12.9. The molecule has 3 aromatic rings. The molecule has 1 aromatic carbocycles. The Morgan fingerprint density at radius 3 is 2.50 bits per heavy atom. The van der Waals surface area contributed by atoms with Crippen molar-refractivity contribution in [2.45, 2.75) is 0 Å². The monoisotopic (exact) mass is 263 g/mol. The molecule has 0 radical (unpaired) electrons. The summed E-state index contributed by atoms with van der Waals surface area (Å²) in [6.45, 7) is 0. The van der Waals surface area contributed by atoms with Crippen molar-refractivity contribution >= 4 is 11.5 Å². The number of benzene rings is 1. The first kappa shape index (κ1) is 12.1. The van der Waals surface area contributed by atoms with Crippen LogP contribution in [0, 0.1) is 0 Å². The molecule has 98 valence electrons. The van der Waals surface area contributed by atoms with Crippen molar-refractivity contribution in [2.75, 3.05) is 11.5 Å². The lowest BCUT2D eigenvalue weighted by molar-refractivity contribution is 1.21. The molecule has 0 spiro atoms. The Morgan fingerprint density at radius 1 is 0.900 bits per heavy atom. The number of anilines is 2. The first-order valence-corrected chi connectivity index (χ1v) is 6.13. The lowest BCUT2D eigenvalue weighted by atomic mass is 10.1. The second kappa shape index (κ2) is 4.97. The standard InChI is InChI=1S/C15H13N5/c16-12-5-1-3-10(7-12)14-15(17)19-9-13(20-14)11-4-2-6-18-8-11/h1-9H,16H2,(H2,17,19). The van der Waals surface area contributed by atoms with Crippen molar-refractivity contribution < 1.29 is 0 Å². The highest BCUT2D eigenvalue weighted by Gasteiger charge is 2.09. The van der Waals surface area contributed by atoms with E-state index in [9.17, 15) is 0 Å². The summed E-state index contributed by atoms with van der Waals surface area (Å²) >= 11 is 0. The van der Waals surface area contributed by atoms with Crippen LogP contribution in [-0.2, 0) is 0 Å². The minimum atomic E-state index is 0.378. The van der Waals surface area contributed by atoms with E-state index < -0.39 is 0 Å². The maximum Gasteiger partial charge on any atom is 0.150 e. The van der Waals surface area contributed by atoms with E-state index in [1.54, 1.807) is 18.6 Å². The van der Waals surface area contributed by atoms with Gasteiger partial charge in [0.15, 0.2) is 0 Å². The van der Waals surface area contributed by atoms with Crippen LogP contribution in [0.3, 0.4) is 0 Å². The van der Waals surface area contributed by atoms with E-state index >= 15 is 0 Å². The van der Waals surface area contributed by atoms with Gasteiger partial charge in [-0.2, -0.15) is 0 Å². The summed E-state index contributed by atoms with van der Waals surface area (Å²) in [7, 11) is 0. The number of hydrogen-bond donors (Lipinski definition) is 2. The maximum absolute atomic E-state index is 5.92. The zero-order valence-corrected chi connectivity index (χ0v) is 10.7. The third-order valence-electron chi connectivity index (χ3n) is 2.92.